The van der Waals surface area contributed by atoms with Crippen molar-refractivity contribution in [2.24, 2.45) is 11.1 Å². The van der Waals surface area contributed by atoms with Gasteiger partial charge in [-0.3, -0.25) is 4.90 Å². The molecule has 1 aliphatic heterocycles. The predicted molar refractivity (Wildman–Crippen MR) is 53.5 cm³/mol. The van der Waals surface area contributed by atoms with Gasteiger partial charge in [0.2, 0.25) is 0 Å². The Morgan fingerprint density at radius 3 is 2.57 bits per heavy atom. The monoisotopic (exact) mass is 206 g/mol. The lowest BCUT2D eigenvalue weighted by molar-refractivity contribution is -0.0201. The molecule has 0 amide bonds. The van der Waals surface area contributed by atoms with Gasteiger partial charge in [-0.1, -0.05) is 13.8 Å². The van der Waals surface area contributed by atoms with Gasteiger partial charge < -0.3 is 5.73 Å². The zero-order valence-electron chi connectivity index (χ0n) is 9.02. The van der Waals surface area contributed by atoms with Crippen LogP contribution in [-0.2, 0) is 0 Å². The summed E-state index contributed by atoms with van der Waals surface area (Å²) in [4.78, 5) is 1.83. The van der Waals surface area contributed by atoms with E-state index in [2.05, 4.69) is 13.8 Å². The quantitative estimate of drug-likeness (QED) is 0.758. The molecular formula is C10H20F2N2. The molecule has 1 saturated heterocycles. The third kappa shape index (κ3) is 2.89. The SMILES string of the molecule is CCC1(C)CCN(CC(F)(F)CN)C1. The van der Waals surface area contributed by atoms with Crippen molar-refractivity contribution < 1.29 is 8.78 Å². The van der Waals surface area contributed by atoms with E-state index < -0.39 is 12.5 Å². The van der Waals surface area contributed by atoms with E-state index in [4.69, 9.17) is 5.73 Å². The summed E-state index contributed by atoms with van der Waals surface area (Å²) in [6.45, 7) is 5.10. The number of hydrogen-bond donors (Lipinski definition) is 1. The second-order valence-corrected chi connectivity index (χ2v) is 4.68. The maximum Gasteiger partial charge on any atom is 0.272 e. The van der Waals surface area contributed by atoms with Gasteiger partial charge in [0.15, 0.2) is 0 Å². The lowest BCUT2D eigenvalue weighted by Gasteiger charge is -2.25. The molecule has 0 radical (unpaired) electrons. The van der Waals surface area contributed by atoms with Gasteiger partial charge in [0.05, 0.1) is 13.1 Å². The summed E-state index contributed by atoms with van der Waals surface area (Å²) in [5.74, 6) is -2.72. The average Bonchev–Trinajstić information content (AvgIpc) is 2.48. The standard InChI is InChI=1S/C10H20F2N2/c1-3-9(2)4-5-14(7-9)8-10(11,12)6-13/h3-8,13H2,1-2H3. The summed E-state index contributed by atoms with van der Waals surface area (Å²) in [7, 11) is 0. The number of halogens is 2. The van der Waals surface area contributed by atoms with Crippen molar-refractivity contribution in [3.05, 3.63) is 0 Å². The van der Waals surface area contributed by atoms with Gasteiger partial charge >= 0.3 is 0 Å². The molecule has 0 aromatic heterocycles. The molecule has 84 valence electrons. The fourth-order valence-electron chi connectivity index (χ4n) is 1.94. The van der Waals surface area contributed by atoms with Crippen LogP contribution in [0.25, 0.3) is 0 Å². The highest BCUT2D eigenvalue weighted by molar-refractivity contribution is 4.87. The molecule has 0 saturated carbocycles. The summed E-state index contributed by atoms with van der Waals surface area (Å²) >= 11 is 0. The molecule has 0 aromatic carbocycles. The van der Waals surface area contributed by atoms with Crippen molar-refractivity contribution in [1.29, 1.82) is 0 Å². The van der Waals surface area contributed by atoms with Crippen LogP contribution in [0.1, 0.15) is 26.7 Å². The Kier molecular flexibility index (Phi) is 3.48. The predicted octanol–water partition coefficient (Wildman–Crippen LogP) is 1.70. The van der Waals surface area contributed by atoms with Crippen LogP contribution in [0, 0.1) is 5.41 Å². The van der Waals surface area contributed by atoms with E-state index in [-0.39, 0.29) is 12.0 Å². The van der Waals surface area contributed by atoms with Crippen LogP contribution in [0.5, 0.6) is 0 Å². The molecule has 4 heteroatoms. The molecular weight excluding hydrogens is 186 g/mol. The van der Waals surface area contributed by atoms with Crippen LogP contribution in [0.3, 0.4) is 0 Å². The Labute approximate surface area is 84.4 Å². The highest BCUT2D eigenvalue weighted by Gasteiger charge is 2.37. The van der Waals surface area contributed by atoms with Crippen molar-refractivity contribution in [3.63, 3.8) is 0 Å². The second kappa shape index (κ2) is 4.11. The minimum absolute atomic E-state index is 0.181. The molecule has 1 fully saturated rings. The number of likely N-dealkylation sites (tertiary alicyclic amines) is 1. The zero-order chi connectivity index (χ0) is 10.8. The third-order valence-corrected chi connectivity index (χ3v) is 3.24. The van der Waals surface area contributed by atoms with E-state index in [1.807, 2.05) is 4.90 Å². The van der Waals surface area contributed by atoms with Crippen molar-refractivity contribution in [1.82, 2.24) is 4.90 Å². The average molecular weight is 206 g/mol. The van der Waals surface area contributed by atoms with Gasteiger partial charge in [-0.25, -0.2) is 8.78 Å². The lowest BCUT2D eigenvalue weighted by Crippen LogP contribution is -2.41. The first-order chi connectivity index (χ1) is 6.41. The Balaban J connectivity index is 2.43. The summed E-state index contributed by atoms with van der Waals surface area (Å²) in [6.07, 6.45) is 2.07. The fraction of sp³-hybridized carbons (Fsp3) is 1.00. The topological polar surface area (TPSA) is 29.3 Å². The summed E-state index contributed by atoms with van der Waals surface area (Å²) in [5, 5.41) is 0. The van der Waals surface area contributed by atoms with E-state index in [9.17, 15) is 8.78 Å². The van der Waals surface area contributed by atoms with Gasteiger partial charge in [0.25, 0.3) is 5.92 Å². The van der Waals surface area contributed by atoms with E-state index in [1.165, 1.54) is 0 Å². The summed E-state index contributed by atoms with van der Waals surface area (Å²) in [6, 6.07) is 0. The van der Waals surface area contributed by atoms with Crippen LogP contribution < -0.4 is 5.73 Å². The first-order valence-corrected chi connectivity index (χ1v) is 5.21. The molecule has 14 heavy (non-hydrogen) atoms. The van der Waals surface area contributed by atoms with Crippen LogP contribution in [0.2, 0.25) is 0 Å². The molecule has 2 N–H and O–H groups in total. The van der Waals surface area contributed by atoms with Crippen molar-refractivity contribution in [2.45, 2.75) is 32.6 Å². The highest BCUT2D eigenvalue weighted by atomic mass is 19.3. The van der Waals surface area contributed by atoms with Gasteiger partial charge in [0, 0.05) is 6.54 Å². The maximum absolute atomic E-state index is 13.0. The number of nitrogens with zero attached hydrogens (tertiary/aromatic N) is 1. The van der Waals surface area contributed by atoms with E-state index >= 15 is 0 Å². The lowest BCUT2D eigenvalue weighted by atomic mass is 9.87. The number of alkyl halides is 2. The smallest absolute Gasteiger partial charge is 0.272 e. The Bertz CT molecular complexity index is 197. The van der Waals surface area contributed by atoms with Crippen LogP contribution in [0.15, 0.2) is 0 Å². The van der Waals surface area contributed by atoms with Gasteiger partial charge in [-0.2, -0.15) is 0 Å². The van der Waals surface area contributed by atoms with E-state index in [0.717, 1.165) is 25.9 Å². The Morgan fingerprint density at radius 2 is 2.14 bits per heavy atom. The molecule has 1 atom stereocenters. The Morgan fingerprint density at radius 1 is 1.50 bits per heavy atom. The van der Waals surface area contributed by atoms with Crippen LogP contribution in [0.4, 0.5) is 8.78 Å². The molecule has 1 unspecified atom stereocenters. The number of hydrogen-bond acceptors (Lipinski definition) is 2. The molecule has 0 bridgehead atoms. The summed E-state index contributed by atoms with van der Waals surface area (Å²) < 4.78 is 26.0. The minimum Gasteiger partial charge on any atom is -0.325 e. The highest BCUT2D eigenvalue weighted by Crippen LogP contribution is 2.33. The Hall–Kier alpha value is -0.220. The molecule has 0 aromatic rings. The molecule has 0 aliphatic carbocycles. The fourth-order valence-corrected chi connectivity index (χ4v) is 1.94. The van der Waals surface area contributed by atoms with E-state index in [0.29, 0.717) is 0 Å². The summed E-state index contributed by atoms with van der Waals surface area (Å²) in [5.41, 5.74) is 5.23. The molecule has 1 heterocycles. The largest absolute Gasteiger partial charge is 0.325 e. The second-order valence-electron chi connectivity index (χ2n) is 4.68. The zero-order valence-corrected chi connectivity index (χ0v) is 9.02. The molecule has 1 rings (SSSR count). The van der Waals surface area contributed by atoms with Crippen LogP contribution >= 0.6 is 0 Å². The number of rotatable bonds is 4. The first kappa shape index (κ1) is 11.9. The van der Waals surface area contributed by atoms with Crippen molar-refractivity contribution in [2.75, 3.05) is 26.2 Å². The minimum atomic E-state index is -2.72. The van der Waals surface area contributed by atoms with Crippen molar-refractivity contribution >= 4 is 0 Å². The molecule has 1 aliphatic rings. The number of nitrogens with two attached hydrogens (primary N) is 1. The van der Waals surface area contributed by atoms with Crippen molar-refractivity contribution in [3.8, 4) is 0 Å². The van der Waals surface area contributed by atoms with E-state index in [1.54, 1.807) is 0 Å². The molecule has 0 spiro atoms. The molecule has 2 nitrogen and oxygen atoms in total. The maximum atomic E-state index is 13.0. The van der Waals surface area contributed by atoms with Gasteiger partial charge in [0.1, 0.15) is 0 Å². The van der Waals surface area contributed by atoms with Gasteiger partial charge in [-0.15, -0.1) is 0 Å². The normalized spacial score (nSPS) is 29.8. The van der Waals surface area contributed by atoms with Crippen LogP contribution in [-0.4, -0.2) is 37.0 Å². The third-order valence-electron chi connectivity index (χ3n) is 3.24. The first-order valence-electron chi connectivity index (χ1n) is 5.21. The van der Waals surface area contributed by atoms with Gasteiger partial charge in [-0.05, 0) is 24.8 Å².